The van der Waals surface area contributed by atoms with Crippen molar-refractivity contribution in [3.05, 3.63) is 0 Å². The van der Waals surface area contributed by atoms with Gasteiger partial charge in [-0.05, 0) is 0 Å². The maximum atomic E-state index is 13.4. The smallest absolute Gasteiger partial charge is 0.542 e. The topological polar surface area (TPSA) is 58.6 Å². The summed E-state index contributed by atoms with van der Waals surface area (Å²) in [5, 5.41) is 2.93. The molecule has 0 heterocycles. The number of rotatable bonds is 7. The summed E-state index contributed by atoms with van der Waals surface area (Å²) in [5.41, 5.74) is 0. The number of carboxylic acids is 1. The maximum Gasteiger partial charge on any atom is 1.00 e. The molecule has 2 atom stereocenters. The summed E-state index contributed by atoms with van der Waals surface area (Å²) in [5.74, 6) is -11.7. The van der Waals surface area contributed by atoms with E-state index in [0.717, 1.165) is 0 Å². The van der Waals surface area contributed by atoms with E-state index in [1.165, 1.54) is 4.74 Å². The van der Waals surface area contributed by atoms with Crippen molar-refractivity contribution in [3.8, 4) is 0 Å². The number of carbonyl (C=O) groups is 1. The summed E-state index contributed by atoms with van der Waals surface area (Å²) in [4.78, 5) is 9.71. The van der Waals surface area contributed by atoms with E-state index in [0.29, 0.717) is 0 Å². The van der Waals surface area contributed by atoms with Crippen molar-refractivity contribution in [1.82, 2.24) is 0 Å². The first kappa shape index (κ1) is 29.9. The minimum Gasteiger partial charge on any atom is -0.542 e. The third-order valence-corrected chi connectivity index (χ3v) is 2.66. The van der Waals surface area contributed by atoms with Crippen molar-refractivity contribution in [1.29, 1.82) is 0 Å². The van der Waals surface area contributed by atoms with Crippen molar-refractivity contribution >= 4 is 17.6 Å². The number of aliphatic carboxylic acids is 1. The van der Waals surface area contributed by atoms with Gasteiger partial charge >= 0.3 is 71.2 Å². The molecule has 0 aromatic rings. The molecule has 0 rings (SSSR count). The van der Waals surface area contributed by atoms with Crippen LogP contribution in [0.3, 0.4) is 0 Å². The predicted molar refractivity (Wildman–Crippen MR) is 47.7 cm³/mol. The molecule has 20 heteroatoms. The Morgan fingerprint density at radius 2 is 1.04 bits per heavy atom. The summed E-state index contributed by atoms with van der Waals surface area (Å²) in [6, 6.07) is 0. The van der Waals surface area contributed by atoms with Crippen molar-refractivity contribution < 1.29 is 110 Å². The van der Waals surface area contributed by atoms with Gasteiger partial charge in [0.05, 0.1) is 0 Å². The van der Waals surface area contributed by atoms with Crippen LogP contribution in [0.15, 0.2) is 0 Å². The van der Waals surface area contributed by atoms with Crippen LogP contribution in [0.25, 0.3) is 0 Å². The fraction of sp³-hybridized carbons (Fsp3) is 0.875. The molecule has 0 aliphatic rings. The molecule has 0 aromatic heterocycles. The molecule has 0 fully saturated rings. The third-order valence-electron chi connectivity index (χ3n) is 2.22. The molecule has 0 aromatic carbocycles. The molecule has 0 bridgehead atoms. The van der Waals surface area contributed by atoms with Crippen LogP contribution < -0.4 is 34.7 Å². The van der Waals surface area contributed by atoms with Gasteiger partial charge in [0, 0.05) is 0 Å². The van der Waals surface area contributed by atoms with E-state index in [2.05, 4.69) is 11.6 Å². The summed E-state index contributed by atoms with van der Waals surface area (Å²) in [6.45, 7) is 0. The average molecular weight is 484 g/mol. The van der Waals surface area contributed by atoms with Crippen molar-refractivity contribution in [2.24, 2.45) is 0 Å². The van der Waals surface area contributed by atoms with Crippen molar-refractivity contribution in [2.45, 2.75) is 41.7 Å². The van der Waals surface area contributed by atoms with Crippen LogP contribution in [0, 0.1) is 0 Å². The van der Waals surface area contributed by atoms with E-state index in [-0.39, 0.29) is 29.6 Å². The molecule has 0 amide bonds. The Labute approximate surface area is 170 Å². The predicted octanol–water partition coefficient (Wildman–Crippen LogP) is 0.247. The van der Waals surface area contributed by atoms with Crippen LogP contribution in [-0.4, -0.2) is 47.6 Å². The molecule has 0 spiro atoms. The Bertz CT molecular complexity index is 575. The molecule has 0 saturated carbocycles. The van der Waals surface area contributed by atoms with Gasteiger partial charge < -0.3 is 9.90 Å². The zero-order valence-electron chi connectivity index (χ0n) is 12.3. The second kappa shape index (κ2) is 8.09. The Morgan fingerprint density at radius 1 is 0.679 bits per heavy atom. The minimum absolute atomic E-state index is 0. The van der Waals surface area contributed by atoms with Crippen LogP contribution in [0.5, 0.6) is 0 Å². The van der Waals surface area contributed by atoms with E-state index in [9.17, 15) is 71.4 Å². The monoisotopic (exact) mass is 484 g/mol. The number of carbonyl (C=O) groups excluding carboxylic acids is 1. The zero-order chi connectivity index (χ0) is 22.5. The van der Waals surface area contributed by atoms with Gasteiger partial charge in [-0.15, -0.1) is 0 Å². The van der Waals surface area contributed by atoms with Crippen LogP contribution in [0.1, 0.15) is 0 Å². The van der Waals surface area contributed by atoms with Gasteiger partial charge in [-0.3, -0.25) is 4.74 Å². The number of halogens is 15. The number of hydrogen-bond donors (Lipinski definition) is 0. The van der Waals surface area contributed by atoms with Crippen molar-refractivity contribution in [2.75, 3.05) is 0 Å². The molecular weight excluding hydrogens is 484 g/mol. The molecule has 0 saturated heterocycles. The minimum atomic E-state index is -7.67. The molecule has 0 aliphatic carbocycles. The van der Waals surface area contributed by atoms with Crippen LogP contribution in [0.2, 0.25) is 0 Å². The normalized spacial score (nSPS) is 18.7. The van der Waals surface area contributed by atoms with Crippen LogP contribution >= 0.6 is 11.6 Å². The fourth-order valence-corrected chi connectivity index (χ4v) is 0.995. The Balaban J connectivity index is 0. The average Bonchev–Trinajstić information content (AvgIpc) is 2.33. The van der Waals surface area contributed by atoms with E-state index < -0.39 is 47.6 Å². The largest absolute Gasteiger partial charge is 1.00 e. The Morgan fingerprint density at radius 3 is 1.29 bits per heavy atom. The van der Waals surface area contributed by atoms with Crippen LogP contribution in [-0.2, 0) is 14.3 Å². The molecule has 0 N–H and O–H groups in total. The van der Waals surface area contributed by atoms with Crippen LogP contribution in [0.4, 0.5) is 61.5 Å². The SMILES string of the molecule is O=C([O-])C(F)(F)OC(F)(F)C(F)(OC(F)(F)C(F)(Cl)C(F)(F)F)C(F)(F)F.[Na+]. The van der Waals surface area contributed by atoms with Gasteiger partial charge in [0.1, 0.15) is 5.97 Å². The summed E-state index contributed by atoms with van der Waals surface area (Å²) < 4.78 is 179. The molecule has 0 aliphatic heterocycles. The fourth-order valence-electron chi connectivity index (χ4n) is 0.956. The second-order valence-electron chi connectivity index (χ2n) is 4.21. The van der Waals surface area contributed by atoms with E-state index >= 15 is 0 Å². The standard InChI is InChI=1S/C8HClF14O4.Na/c9-3(12,5(14,15)16)7(20,21)27-4(13,6(17,18)19)8(22,23)26-2(10,11)1(24)25;/h(H,24,25);/q;+1/p-1. The third kappa shape index (κ3) is 5.44. The molecule has 0 radical (unpaired) electrons. The van der Waals surface area contributed by atoms with Gasteiger partial charge in [0.25, 0.3) is 0 Å². The first-order chi connectivity index (χ1) is 11.4. The molecule has 162 valence electrons. The Hall–Kier alpha value is -0.300. The van der Waals surface area contributed by atoms with E-state index in [4.69, 9.17) is 0 Å². The quantitative estimate of drug-likeness (QED) is 0.295. The molecule has 2 unspecified atom stereocenters. The second-order valence-corrected chi connectivity index (χ2v) is 4.73. The molecular formula is C8ClF14NaO4. The number of ether oxygens (including phenoxy) is 2. The number of alkyl halides is 15. The summed E-state index contributed by atoms with van der Waals surface area (Å²) >= 11 is 3.56. The number of hydrogen-bond acceptors (Lipinski definition) is 4. The first-order valence-corrected chi connectivity index (χ1v) is 5.69. The Kier molecular flexibility index (Phi) is 8.63. The number of carboxylic acid groups (broad SMARTS) is 1. The zero-order valence-corrected chi connectivity index (χ0v) is 15.1. The van der Waals surface area contributed by atoms with Gasteiger partial charge in [0.2, 0.25) is 0 Å². The van der Waals surface area contributed by atoms with Gasteiger partial charge in [-0.25, -0.2) is 9.13 Å². The van der Waals surface area contributed by atoms with Gasteiger partial charge in [-0.2, -0.15) is 57.1 Å². The summed E-state index contributed by atoms with van der Waals surface area (Å²) in [6.07, 6.45) is -36.1. The van der Waals surface area contributed by atoms with Gasteiger partial charge in [0.15, 0.2) is 0 Å². The van der Waals surface area contributed by atoms with Gasteiger partial charge in [-0.1, -0.05) is 11.6 Å². The van der Waals surface area contributed by atoms with E-state index in [1.54, 1.807) is 4.74 Å². The summed E-state index contributed by atoms with van der Waals surface area (Å²) in [7, 11) is 0. The molecule has 4 nitrogen and oxygen atoms in total. The maximum absolute atomic E-state index is 13.4. The van der Waals surface area contributed by atoms with E-state index in [1.807, 2.05) is 0 Å². The molecule has 28 heavy (non-hydrogen) atoms. The van der Waals surface area contributed by atoms with Crippen molar-refractivity contribution in [3.63, 3.8) is 0 Å². The first-order valence-electron chi connectivity index (χ1n) is 5.31.